The van der Waals surface area contributed by atoms with Gasteiger partial charge in [-0.3, -0.25) is 4.79 Å². The van der Waals surface area contributed by atoms with Gasteiger partial charge < -0.3 is 11.1 Å². The van der Waals surface area contributed by atoms with Crippen LogP contribution in [0.2, 0.25) is 0 Å². The Bertz CT molecular complexity index is 141. The molecule has 0 aromatic rings. The van der Waals surface area contributed by atoms with Crippen LogP contribution in [0.4, 0.5) is 0 Å². The number of rotatable bonds is 4. The van der Waals surface area contributed by atoms with Gasteiger partial charge in [0.2, 0.25) is 5.91 Å². The molecule has 0 aromatic heterocycles. The van der Waals surface area contributed by atoms with Crippen LogP contribution in [-0.4, -0.2) is 19.0 Å². The fourth-order valence-corrected chi connectivity index (χ4v) is 1.79. The van der Waals surface area contributed by atoms with Gasteiger partial charge in [-0.2, -0.15) is 0 Å². The summed E-state index contributed by atoms with van der Waals surface area (Å²) in [7, 11) is 0. The molecular weight excluding hydrogens is 152 g/mol. The maximum atomic E-state index is 10.4. The van der Waals surface area contributed by atoms with E-state index < -0.39 is 0 Å². The zero-order valence-corrected chi connectivity index (χ0v) is 7.51. The molecule has 1 amide bonds. The van der Waals surface area contributed by atoms with Gasteiger partial charge in [-0.25, -0.2) is 0 Å². The second-order valence-corrected chi connectivity index (χ2v) is 3.60. The van der Waals surface area contributed by atoms with E-state index in [1.54, 1.807) is 0 Å². The van der Waals surface area contributed by atoms with E-state index in [2.05, 4.69) is 5.32 Å². The molecule has 0 spiro atoms. The van der Waals surface area contributed by atoms with Crippen molar-refractivity contribution < 1.29 is 4.79 Å². The van der Waals surface area contributed by atoms with Crippen LogP contribution in [0, 0.1) is 5.92 Å². The summed E-state index contributed by atoms with van der Waals surface area (Å²) in [6.07, 6.45) is 6.70. The Hall–Kier alpha value is -0.570. The number of carbonyl (C=O) groups is 1. The van der Waals surface area contributed by atoms with E-state index in [1.165, 1.54) is 32.1 Å². The van der Waals surface area contributed by atoms with Crippen LogP contribution < -0.4 is 11.1 Å². The first-order valence-electron chi connectivity index (χ1n) is 4.78. The third-order valence-corrected chi connectivity index (χ3v) is 2.46. The molecule has 70 valence electrons. The van der Waals surface area contributed by atoms with Gasteiger partial charge in [0.15, 0.2) is 0 Å². The molecule has 3 heteroatoms. The SMILES string of the molecule is NC(=O)CNCC1CCCCC1. The van der Waals surface area contributed by atoms with Crippen LogP contribution in [0.1, 0.15) is 32.1 Å². The lowest BCUT2D eigenvalue weighted by Crippen LogP contribution is -2.32. The van der Waals surface area contributed by atoms with E-state index >= 15 is 0 Å². The van der Waals surface area contributed by atoms with Crippen LogP contribution in [0.25, 0.3) is 0 Å². The average Bonchev–Trinajstić information content (AvgIpc) is 2.05. The van der Waals surface area contributed by atoms with E-state index in [1.807, 2.05) is 0 Å². The van der Waals surface area contributed by atoms with Gasteiger partial charge in [0.05, 0.1) is 6.54 Å². The zero-order chi connectivity index (χ0) is 8.81. The van der Waals surface area contributed by atoms with Crippen LogP contribution in [0.15, 0.2) is 0 Å². The quantitative estimate of drug-likeness (QED) is 0.650. The van der Waals surface area contributed by atoms with Crippen LogP contribution in [0.5, 0.6) is 0 Å². The van der Waals surface area contributed by atoms with Crippen molar-refractivity contribution in [1.82, 2.24) is 5.32 Å². The smallest absolute Gasteiger partial charge is 0.231 e. The third-order valence-electron chi connectivity index (χ3n) is 2.46. The molecule has 1 rings (SSSR count). The minimum Gasteiger partial charge on any atom is -0.369 e. The third kappa shape index (κ3) is 3.72. The Morgan fingerprint density at radius 1 is 1.33 bits per heavy atom. The molecule has 3 N–H and O–H groups in total. The molecule has 0 saturated heterocycles. The summed E-state index contributed by atoms with van der Waals surface area (Å²) in [4.78, 5) is 10.4. The summed E-state index contributed by atoms with van der Waals surface area (Å²) >= 11 is 0. The van der Waals surface area contributed by atoms with Crippen molar-refractivity contribution >= 4 is 5.91 Å². The highest BCUT2D eigenvalue weighted by Crippen LogP contribution is 2.22. The Kier molecular flexibility index (Phi) is 4.08. The second-order valence-electron chi connectivity index (χ2n) is 3.60. The minimum atomic E-state index is -0.259. The van der Waals surface area contributed by atoms with Crippen molar-refractivity contribution in [3.8, 4) is 0 Å². The lowest BCUT2D eigenvalue weighted by Gasteiger charge is -2.21. The van der Waals surface area contributed by atoms with Crippen LogP contribution >= 0.6 is 0 Å². The molecular formula is C9H18N2O. The van der Waals surface area contributed by atoms with Gasteiger partial charge in [-0.15, -0.1) is 0 Å². The van der Waals surface area contributed by atoms with Gasteiger partial charge >= 0.3 is 0 Å². The van der Waals surface area contributed by atoms with Crippen molar-refractivity contribution in [2.24, 2.45) is 11.7 Å². The van der Waals surface area contributed by atoms with E-state index in [0.29, 0.717) is 6.54 Å². The second kappa shape index (κ2) is 5.14. The number of amides is 1. The van der Waals surface area contributed by atoms with Crippen LogP contribution in [0.3, 0.4) is 0 Å². The largest absolute Gasteiger partial charge is 0.369 e. The Balaban J connectivity index is 2.01. The first-order valence-corrected chi connectivity index (χ1v) is 4.78. The topological polar surface area (TPSA) is 55.1 Å². The molecule has 1 saturated carbocycles. The molecule has 1 fully saturated rings. The standard InChI is InChI=1S/C9H18N2O/c10-9(12)7-11-6-8-4-2-1-3-5-8/h8,11H,1-7H2,(H2,10,12). The van der Waals surface area contributed by atoms with Crippen molar-refractivity contribution in [2.75, 3.05) is 13.1 Å². The van der Waals surface area contributed by atoms with E-state index in [0.717, 1.165) is 12.5 Å². The van der Waals surface area contributed by atoms with Crippen LogP contribution in [-0.2, 0) is 4.79 Å². The van der Waals surface area contributed by atoms with E-state index in [4.69, 9.17) is 5.73 Å². The monoisotopic (exact) mass is 170 g/mol. The maximum absolute atomic E-state index is 10.4. The number of nitrogens with two attached hydrogens (primary N) is 1. The molecule has 1 aliphatic rings. The predicted octanol–water partition coefficient (Wildman–Crippen LogP) is 0.642. The zero-order valence-electron chi connectivity index (χ0n) is 7.51. The normalized spacial score (nSPS) is 19.3. The van der Waals surface area contributed by atoms with Gasteiger partial charge in [0.25, 0.3) is 0 Å². The van der Waals surface area contributed by atoms with Crippen molar-refractivity contribution in [3.05, 3.63) is 0 Å². The van der Waals surface area contributed by atoms with Crippen molar-refractivity contribution in [3.63, 3.8) is 0 Å². The molecule has 0 aromatic carbocycles. The highest BCUT2D eigenvalue weighted by Gasteiger charge is 2.12. The first-order chi connectivity index (χ1) is 5.79. The number of primary amides is 1. The molecule has 0 unspecified atom stereocenters. The first kappa shape index (κ1) is 9.52. The Morgan fingerprint density at radius 3 is 2.58 bits per heavy atom. The number of hydrogen-bond donors (Lipinski definition) is 2. The molecule has 1 aliphatic carbocycles. The predicted molar refractivity (Wildman–Crippen MR) is 48.6 cm³/mol. The van der Waals surface area contributed by atoms with Crippen molar-refractivity contribution in [2.45, 2.75) is 32.1 Å². The number of hydrogen-bond acceptors (Lipinski definition) is 2. The summed E-state index contributed by atoms with van der Waals surface area (Å²) in [6.45, 7) is 1.29. The molecule has 0 atom stereocenters. The summed E-state index contributed by atoms with van der Waals surface area (Å²) in [6, 6.07) is 0. The van der Waals surface area contributed by atoms with Gasteiger partial charge in [0.1, 0.15) is 0 Å². The summed E-state index contributed by atoms with van der Waals surface area (Å²) < 4.78 is 0. The molecule has 0 heterocycles. The van der Waals surface area contributed by atoms with Crippen molar-refractivity contribution in [1.29, 1.82) is 0 Å². The number of nitrogens with one attached hydrogen (secondary N) is 1. The van der Waals surface area contributed by atoms with Gasteiger partial charge in [-0.05, 0) is 25.3 Å². The molecule has 0 radical (unpaired) electrons. The Morgan fingerprint density at radius 2 is 2.00 bits per heavy atom. The highest BCUT2D eigenvalue weighted by molar-refractivity contribution is 5.75. The van der Waals surface area contributed by atoms with E-state index in [-0.39, 0.29) is 5.91 Å². The molecule has 12 heavy (non-hydrogen) atoms. The Labute approximate surface area is 73.7 Å². The molecule has 0 bridgehead atoms. The number of carbonyl (C=O) groups excluding carboxylic acids is 1. The lowest BCUT2D eigenvalue weighted by atomic mass is 9.89. The maximum Gasteiger partial charge on any atom is 0.231 e. The lowest BCUT2D eigenvalue weighted by molar-refractivity contribution is -0.117. The fraction of sp³-hybridized carbons (Fsp3) is 0.889. The summed E-state index contributed by atoms with van der Waals surface area (Å²) in [5.74, 6) is 0.518. The molecule has 0 aliphatic heterocycles. The molecule has 3 nitrogen and oxygen atoms in total. The summed E-state index contributed by atoms with van der Waals surface area (Å²) in [5.41, 5.74) is 5.01. The average molecular weight is 170 g/mol. The highest BCUT2D eigenvalue weighted by atomic mass is 16.1. The fourth-order valence-electron chi connectivity index (χ4n) is 1.79. The van der Waals surface area contributed by atoms with Gasteiger partial charge in [0, 0.05) is 0 Å². The summed E-state index contributed by atoms with van der Waals surface area (Å²) in [5, 5.41) is 3.08. The minimum absolute atomic E-state index is 0.259. The van der Waals surface area contributed by atoms with E-state index in [9.17, 15) is 4.79 Å². The van der Waals surface area contributed by atoms with Gasteiger partial charge in [-0.1, -0.05) is 19.3 Å².